The van der Waals surface area contributed by atoms with Gasteiger partial charge in [0.25, 0.3) is 0 Å². The molecular formula is C11H20BrN3. The number of H-pyrrole nitrogens is 1. The molecule has 0 bridgehead atoms. The summed E-state index contributed by atoms with van der Waals surface area (Å²) in [7, 11) is 0. The van der Waals surface area contributed by atoms with Crippen LogP contribution in [0.1, 0.15) is 19.5 Å². The number of hydrogen-bond acceptors (Lipinski definition) is 2. The first-order chi connectivity index (χ1) is 7.18. The lowest BCUT2D eigenvalue weighted by molar-refractivity contribution is 0.534. The molecule has 0 radical (unpaired) electrons. The molecule has 1 aromatic rings. The number of nitrogens with one attached hydrogen (secondary N) is 3. The minimum Gasteiger partial charge on any atom is -0.363 e. The molecule has 1 rings (SSSR count). The smallest absolute Gasteiger partial charge is 0.0358 e. The minimum atomic E-state index is 0.726. The Morgan fingerprint density at radius 1 is 1.33 bits per heavy atom. The molecule has 0 saturated carbocycles. The first kappa shape index (κ1) is 12.7. The van der Waals surface area contributed by atoms with Crippen molar-refractivity contribution >= 4 is 15.9 Å². The number of aromatic nitrogens is 1. The van der Waals surface area contributed by atoms with Crippen LogP contribution in [-0.2, 0) is 6.54 Å². The lowest BCUT2D eigenvalue weighted by atomic mass is 10.2. The fourth-order valence-electron chi connectivity index (χ4n) is 1.30. The highest BCUT2D eigenvalue weighted by atomic mass is 79.9. The van der Waals surface area contributed by atoms with Crippen LogP contribution in [0.3, 0.4) is 0 Å². The molecule has 0 unspecified atom stereocenters. The Bertz CT molecular complexity index is 271. The molecule has 3 nitrogen and oxygen atoms in total. The van der Waals surface area contributed by atoms with Crippen LogP contribution in [0, 0.1) is 5.92 Å². The zero-order valence-electron chi connectivity index (χ0n) is 9.44. The average molecular weight is 274 g/mol. The second-order valence-electron chi connectivity index (χ2n) is 4.12. The Labute approximate surface area is 100 Å². The molecule has 0 amide bonds. The van der Waals surface area contributed by atoms with Crippen LogP contribution < -0.4 is 10.6 Å². The van der Waals surface area contributed by atoms with Crippen molar-refractivity contribution in [1.82, 2.24) is 15.6 Å². The van der Waals surface area contributed by atoms with Gasteiger partial charge in [-0.05, 0) is 34.5 Å². The van der Waals surface area contributed by atoms with E-state index in [0.717, 1.165) is 36.6 Å². The molecule has 0 aliphatic rings. The largest absolute Gasteiger partial charge is 0.363 e. The van der Waals surface area contributed by atoms with E-state index in [-0.39, 0.29) is 0 Å². The average Bonchev–Trinajstić information content (AvgIpc) is 2.57. The highest BCUT2D eigenvalue weighted by Gasteiger charge is 1.96. The summed E-state index contributed by atoms with van der Waals surface area (Å²) >= 11 is 3.41. The summed E-state index contributed by atoms with van der Waals surface area (Å²) in [6.07, 6.45) is 1.95. The highest BCUT2D eigenvalue weighted by Crippen LogP contribution is 2.09. The topological polar surface area (TPSA) is 39.8 Å². The standard InChI is InChI=1S/C11H20BrN3/c1-9(2)6-13-3-4-14-8-11-5-10(12)7-15-11/h5,7,9,13-15H,3-4,6,8H2,1-2H3. The summed E-state index contributed by atoms with van der Waals surface area (Å²) in [4.78, 5) is 3.18. The third-order valence-electron chi connectivity index (χ3n) is 2.05. The van der Waals surface area contributed by atoms with E-state index in [9.17, 15) is 0 Å². The molecule has 0 spiro atoms. The van der Waals surface area contributed by atoms with Gasteiger partial charge in [-0.3, -0.25) is 0 Å². The highest BCUT2D eigenvalue weighted by molar-refractivity contribution is 9.10. The zero-order chi connectivity index (χ0) is 11.1. The van der Waals surface area contributed by atoms with Crippen LogP contribution in [0.25, 0.3) is 0 Å². The lowest BCUT2D eigenvalue weighted by Gasteiger charge is -2.07. The third-order valence-corrected chi connectivity index (χ3v) is 2.51. The van der Waals surface area contributed by atoms with E-state index in [1.54, 1.807) is 0 Å². The molecule has 1 heterocycles. The van der Waals surface area contributed by atoms with Crippen molar-refractivity contribution < 1.29 is 0 Å². The second-order valence-corrected chi connectivity index (χ2v) is 5.03. The molecular weight excluding hydrogens is 254 g/mol. The molecule has 86 valence electrons. The number of hydrogen-bond donors (Lipinski definition) is 3. The maximum atomic E-state index is 3.41. The fraction of sp³-hybridized carbons (Fsp3) is 0.636. The van der Waals surface area contributed by atoms with Crippen LogP contribution >= 0.6 is 15.9 Å². The Kier molecular flexibility index (Phi) is 5.98. The maximum Gasteiger partial charge on any atom is 0.0358 e. The Morgan fingerprint density at radius 3 is 2.67 bits per heavy atom. The van der Waals surface area contributed by atoms with Crippen LogP contribution in [0.4, 0.5) is 0 Å². The van der Waals surface area contributed by atoms with Gasteiger partial charge in [-0.25, -0.2) is 0 Å². The van der Waals surface area contributed by atoms with Crippen molar-refractivity contribution in [3.05, 3.63) is 22.4 Å². The van der Waals surface area contributed by atoms with E-state index in [1.807, 2.05) is 6.20 Å². The van der Waals surface area contributed by atoms with Gasteiger partial charge < -0.3 is 15.6 Å². The summed E-state index contributed by atoms with van der Waals surface area (Å²) in [5.41, 5.74) is 1.21. The van der Waals surface area contributed by atoms with Crippen LogP contribution in [-0.4, -0.2) is 24.6 Å². The van der Waals surface area contributed by atoms with Crippen LogP contribution in [0.2, 0.25) is 0 Å². The zero-order valence-corrected chi connectivity index (χ0v) is 11.0. The maximum absolute atomic E-state index is 3.41. The summed E-state index contributed by atoms with van der Waals surface area (Å²) in [5.74, 6) is 0.726. The Balaban J connectivity index is 1.98. The van der Waals surface area contributed by atoms with Gasteiger partial charge in [0.2, 0.25) is 0 Å². The molecule has 1 aromatic heterocycles. The Hall–Kier alpha value is -0.320. The first-order valence-electron chi connectivity index (χ1n) is 5.42. The second kappa shape index (κ2) is 7.04. The van der Waals surface area contributed by atoms with E-state index < -0.39 is 0 Å². The molecule has 0 aromatic carbocycles. The molecule has 4 heteroatoms. The number of rotatable bonds is 7. The van der Waals surface area contributed by atoms with Crippen molar-refractivity contribution in [2.75, 3.05) is 19.6 Å². The molecule has 15 heavy (non-hydrogen) atoms. The van der Waals surface area contributed by atoms with E-state index in [0.29, 0.717) is 0 Å². The predicted octanol–water partition coefficient (Wildman–Crippen LogP) is 2.11. The van der Waals surface area contributed by atoms with Crippen molar-refractivity contribution in [2.24, 2.45) is 5.92 Å². The first-order valence-corrected chi connectivity index (χ1v) is 6.22. The molecule has 0 aliphatic heterocycles. The SMILES string of the molecule is CC(C)CNCCNCc1cc(Br)c[nH]1. The van der Waals surface area contributed by atoms with Gasteiger partial charge in [0.1, 0.15) is 0 Å². The van der Waals surface area contributed by atoms with Gasteiger partial charge in [-0.2, -0.15) is 0 Å². The van der Waals surface area contributed by atoms with E-state index in [4.69, 9.17) is 0 Å². The van der Waals surface area contributed by atoms with Crippen molar-refractivity contribution in [3.63, 3.8) is 0 Å². The van der Waals surface area contributed by atoms with Gasteiger partial charge in [-0.15, -0.1) is 0 Å². The van der Waals surface area contributed by atoms with Crippen LogP contribution in [0.15, 0.2) is 16.7 Å². The summed E-state index contributed by atoms with van der Waals surface area (Å²) in [5, 5.41) is 6.77. The van der Waals surface area contributed by atoms with E-state index in [1.165, 1.54) is 5.69 Å². The summed E-state index contributed by atoms with van der Waals surface area (Å²) in [6.45, 7) is 8.46. The molecule has 0 fully saturated rings. The van der Waals surface area contributed by atoms with Gasteiger partial charge in [-0.1, -0.05) is 13.8 Å². The van der Waals surface area contributed by atoms with Gasteiger partial charge >= 0.3 is 0 Å². The molecule has 0 aliphatic carbocycles. The van der Waals surface area contributed by atoms with Crippen molar-refractivity contribution in [3.8, 4) is 0 Å². The van der Waals surface area contributed by atoms with Crippen LogP contribution in [0.5, 0.6) is 0 Å². The monoisotopic (exact) mass is 273 g/mol. The molecule has 0 atom stereocenters. The summed E-state index contributed by atoms with van der Waals surface area (Å²) < 4.78 is 1.11. The normalized spacial score (nSPS) is 11.2. The third kappa shape index (κ3) is 5.97. The van der Waals surface area contributed by atoms with Crippen molar-refractivity contribution in [1.29, 1.82) is 0 Å². The Morgan fingerprint density at radius 2 is 2.07 bits per heavy atom. The lowest BCUT2D eigenvalue weighted by Crippen LogP contribution is -2.29. The van der Waals surface area contributed by atoms with E-state index >= 15 is 0 Å². The molecule has 3 N–H and O–H groups in total. The van der Waals surface area contributed by atoms with Crippen molar-refractivity contribution in [2.45, 2.75) is 20.4 Å². The quantitative estimate of drug-likeness (QED) is 0.666. The number of halogens is 1. The predicted molar refractivity (Wildman–Crippen MR) is 67.9 cm³/mol. The molecule has 0 saturated heterocycles. The van der Waals surface area contributed by atoms with E-state index in [2.05, 4.69) is 51.5 Å². The minimum absolute atomic E-state index is 0.726. The van der Waals surface area contributed by atoms with Gasteiger partial charge in [0, 0.05) is 36.0 Å². The fourth-order valence-corrected chi connectivity index (χ4v) is 1.69. The van der Waals surface area contributed by atoms with Gasteiger partial charge in [0.05, 0.1) is 0 Å². The van der Waals surface area contributed by atoms with Gasteiger partial charge in [0.15, 0.2) is 0 Å². The summed E-state index contributed by atoms with van der Waals surface area (Å²) in [6, 6.07) is 2.09. The number of aromatic amines is 1.